The number of benzene rings is 2. The fraction of sp³-hybridized carbons (Fsp3) is 0.429. The zero-order valence-electron chi connectivity index (χ0n) is 15.8. The van der Waals surface area contributed by atoms with Crippen molar-refractivity contribution in [1.82, 2.24) is 9.62 Å². The summed E-state index contributed by atoms with van der Waals surface area (Å²) >= 11 is 5.88. The van der Waals surface area contributed by atoms with Gasteiger partial charge < -0.3 is 0 Å². The highest BCUT2D eigenvalue weighted by molar-refractivity contribution is 7.89. The first-order chi connectivity index (χ1) is 12.8. The maximum absolute atomic E-state index is 12.7. The summed E-state index contributed by atoms with van der Waals surface area (Å²) in [5.41, 5.74) is 1.14. The molecule has 0 radical (unpaired) electrons. The molecule has 146 valence electrons. The summed E-state index contributed by atoms with van der Waals surface area (Å²) in [5.74, 6) is 1.21. The molecule has 1 fully saturated rings. The van der Waals surface area contributed by atoms with Crippen molar-refractivity contribution in [3.8, 4) is 0 Å². The third kappa shape index (κ3) is 5.32. The predicted molar refractivity (Wildman–Crippen MR) is 110 cm³/mol. The standard InChI is InChI=1S/C21H27ClN2O2S/c1-16-12-17(2)15-24(14-16)21(18-6-4-3-5-7-18)13-23-27(25,26)20-10-8-19(22)9-11-20/h3-11,16-17,21,23H,12-15H2,1-2H3/t16-,17-,21-/m1/s1. The third-order valence-corrected chi connectivity index (χ3v) is 6.80. The Morgan fingerprint density at radius 3 is 2.22 bits per heavy atom. The van der Waals surface area contributed by atoms with E-state index in [9.17, 15) is 8.42 Å². The summed E-state index contributed by atoms with van der Waals surface area (Å²) in [7, 11) is -3.58. The molecule has 0 aromatic heterocycles. The second kappa shape index (κ2) is 8.74. The highest BCUT2D eigenvalue weighted by Crippen LogP contribution is 2.29. The first-order valence-electron chi connectivity index (χ1n) is 9.39. The molecule has 0 aliphatic carbocycles. The van der Waals surface area contributed by atoms with Crippen molar-refractivity contribution in [1.29, 1.82) is 0 Å². The van der Waals surface area contributed by atoms with Crippen LogP contribution in [0.15, 0.2) is 59.5 Å². The molecule has 4 nitrogen and oxygen atoms in total. The molecule has 1 heterocycles. The van der Waals surface area contributed by atoms with Crippen molar-refractivity contribution in [2.45, 2.75) is 31.2 Å². The average Bonchev–Trinajstić information content (AvgIpc) is 2.62. The molecule has 0 bridgehead atoms. The second-order valence-electron chi connectivity index (χ2n) is 7.63. The molecule has 1 N–H and O–H groups in total. The van der Waals surface area contributed by atoms with Crippen LogP contribution in [-0.4, -0.2) is 33.0 Å². The van der Waals surface area contributed by atoms with Crippen LogP contribution >= 0.6 is 11.6 Å². The van der Waals surface area contributed by atoms with Gasteiger partial charge in [0.15, 0.2) is 0 Å². The minimum atomic E-state index is -3.58. The molecule has 2 aromatic rings. The van der Waals surface area contributed by atoms with Gasteiger partial charge in [0.05, 0.1) is 4.90 Å². The number of piperidine rings is 1. The molecule has 2 aromatic carbocycles. The molecule has 3 rings (SSSR count). The van der Waals surface area contributed by atoms with E-state index in [2.05, 4.69) is 35.6 Å². The van der Waals surface area contributed by atoms with E-state index in [0.717, 1.165) is 18.7 Å². The largest absolute Gasteiger partial charge is 0.294 e. The van der Waals surface area contributed by atoms with Gasteiger partial charge in [-0.15, -0.1) is 0 Å². The molecule has 0 spiro atoms. The minimum Gasteiger partial charge on any atom is -0.294 e. The Hall–Kier alpha value is -1.40. The van der Waals surface area contributed by atoms with Gasteiger partial charge in [0, 0.05) is 30.7 Å². The van der Waals surface area contributed by atoms with Crippen molar-refractivity contribution < 1.29 is 8.42 Å². The van der Waals surface area contributed by atoms with Gasteiger partial charge in [-0.25, -0.2) is 13.1 Å². The Labute approximate surface area is 167 Å². The smallest absolute Gasteiger partial charge is 0.240 e. The van der Waals surface area contributed by atoms with Crippen LogP contribution in [0.2, 0.25) is 5.02 Å². The zero-order chi connectivity index (χ0) is 19.4. The molecule has 3 atom stereocenters. The monoisotopic (exact) mass is 406 g/mol. The van der Waals surface area contributed by atoms with Gasteiger partial charge in [-0.2, -0.15) is 0 Å². The summed E-state index contributed by atoms with van der Waals surface area (Å²) in [6, 6.07) is 16.4. The molecule has 27 heavy (non-hydrogen) atoms. The number of sulfonamides is 1. The van der Waals surface area contributed by atoms with E-state index in [1.807, 2.05) is 18.2 Å². The zero-order valence-corrected chi connectivity index (χ0v) is 17.4. The van der Waals surface area contributed by atoms with Gasteiger partial charge in [-0.1, -0.05) is 55.8 Å². The van der Waals surface area contributed by atoms with Crippen molar-refractivity contribution in [2.75, 3.05) is 19.6 Å². The fourth-order valence-electron chi connectivity index (χ4n) is 3.98. The van der Waals surface area contributed by atoms with Gasteiger partial charge in [0.25, 0.3) is 0 Å². The van der Waals surface area contributed by atoms with E-state index in [0.29, 0.717) is 23.4 Å². The average molecular weight is 407 g/mol. The van der Waals surface area contributed by atoms with E-state index in [-0.39, 0.29) is 10.9 Å². The molecule has 6 heteroatoms. The maximum atomic E-state index is 12.7. The quantitative estimate of drug-likeness (QED) is 0.776. The molecular weight excluding hydrogens is 380 g/mol. The number of hydrogen-bond donors (Lipinski definition) is 1. The predicted octanol–water partition coefficient (Wildman–Crippen LogP) is 4.34. The molecule has 1 aliphatic rings. The Morgan fingerprint density at radius 2 is 1.63 bits per heavy atom. The summed E-state index contributed by atoms with van der Waals surface area (Å²) in [4.78, 5) is 2.65. The van der Waals surface area contributed by atoms with E-state index >= 15 is 0 Å². The fourth-order valence-corrected chi connectivity index (χ4v) is 5.15. The van der Waals surface area contributed by atoms with E-state index in [4.69, 9.17) is 11.6 Å². The number of nitrogens with zero attached hydrogens (tertiary/aromatic N) is 1. The molecular formula is C21H27ClN2O2S. The topological polar surface area (TPSA) is 49.4 Å². The molecule has 0 amide bonds. The van der Waals surface area contributed by atoms with Crippen molar-refractivity contribution in [2.24, 2.45) is 11.8 Å². The van der Waals surface area contributed by atoms with E-state index in [1.54, 1.807) is 12.1 Å². The Morgan fingerprint density at radius 1 is 1.04 bits per heavy atom. The highest BCUT2D eigenvalue weighted by atomic mass is 35.5. The lowest BCUT2D eigenvalue weighted by Gasteiger charge is -2.40. The van der Waals surface area contributed by atoms with Gasteiger partial charge in [0.1, 0.15) is 0 Å². The van der Waals surface area contributed by atoms with Crippen LogP contribution in [-0.2, 0) is 10.0 Å². The molecule has 0 saturated carbocycles. The summed E-state index contributed by atoms with van der Waals surface area (Å²) in [5, 5.41) is 0.521. The van der Waals surface area contributed by atoms with Crippen LogP contribution in [0, 0.1) is 11.8 Å². The van der Waals surface area contributed by atoms with Crippen molar-refractivity contribution in [3.05, 3.63) is 65.2 Å². The number of nitrogens with one attached hydrogen (secondary N) is 1. The number of rotatable bonds is 6. The van der Waals surface area contributed by atoms with Gasteiger partial charge >= 0.3 is 0 Å². The van der Waals surface area contributed by atoms with Crippen LogP contribution in [0.25, 0.3) is 0 Å². The Bertz CT molecular complexity index is 830. The maximum Gasteiger partial charge on any atom is 0.240 e. The van der Waals surface area contributed by atoms with Gasteiger partial charge in [0.2, 0.25) is 10.0 Å². The lowest BCUT2D eigenvalue weighted by atomic mass is 9.90. The molecule has 0 unspecified atom stereocenters. The van der Waals surface area contributed by atoms with Crippen LogP contribution in [0.1, 0.15) is 31.9 Å². The normalized spacial score (nSPS) is 22.5. The lowest BCUT2D eigenvalue weighted by molar-refractivity contribution is 0.0967. The van der Waals surface area contributed by atoms with Crippen LogP contribution in [0.5, 0.6) is 0 Å². The van der Waals surface area contributed by atoms with E-state index in [1.165, 1.54) is 18.6 Å². The van der Waals surface area contributed by atoms with Gasteiger partial charge in [-0.3, -0.25) is 4.90 Å². The van der Waals surface area contributed by atoms with Crippen LogP contribution < -0.4 is 4.72 Å². The molecule has 1 aliphatic heterocycles. The van der Waals surface area contributed by atoms with Crippen molar-refractivity contribution >= 4 is 21.6 Å². The van der Waals surface area contributed by atoms with Gasteiger partial charge in [-0.05, 0) is 48.1 Å². The minimum absolute atomic E-state index is 0.0125. The second-order valence-corrected chi connectivity index (χ2v) is 9.84. The SMILES string of the molecule is C[C@@H]1C[C@@H](C)CN([C@H](CNS(=O)(=O)c2ccc(Cl)cc2)c2ccccc2)C1. The first kappa shape index (κ1) is 20.3. The number of halogens is 1. The number of likely N-dealkylation sites (tertiary alicyclic amines) is 1. The Balaban J connectivity index is 1.80. The summed E-state index contributed by atoms with van der Waals surface area (Å²) in [6.07, 6.45) is 1.22. The van der Waals surface area contributed by atoms with Crippen LogP contribution in [0.3, 0.4) is 0 Å². The first-order valence-corrected chi connectivity index (χ1v) is 11.3. The highest BCUT2D eigenvalue weighted by Gasteiger charge is 2.29. The third-order valence-electron chi connectivity index (χ3n) is 5.11. The van der Waals surface area contributed by atoms with Crippen LogP contribution in [0.4, 0.5) is 0 Å². The molecule has 1 saturated heterocycles. The Kier molecular flexibility index (Phi) is 6.58. The summed E-state index contributed by atoms with van der Waals surface area (Å²) in [6.45, 7) is 6.83. The number of hydrogen-bond acceptors (Lipinski definition) is 3. The lowest BCUT2D eigenvalue weighted by Crippen LogP contribution is -2.45. The van der Waals surface area contributed by atoms with E-state index < -0.39 is 10.0 Å². The van der Waals surface area contributed by atoms with Crippen molar-refractivity contribution in [3.63, 3.8) is 0 Å². The summed E-state index contributed by atoms with van der Waals surface area (Å²) < 4.78 is 28.2.